The fraction of sp³-hybridized carbons (Fsp3) is 0.429. The summed E-state index contributed by atoms with van der Waals surface area (Å²) in [6.07, 6.45) is -3.81. The molecule has 0 aromatic heterocycles. The van der Waals surface area contributed by atoms with E-state index in [1.54, 1.807) is 30.3 Å². The van der Waals surface area contributed by atoms with E-state index in [0.717, 1.165) is 6.08 Å². The predicted molar refractivity (Wildman–Crippen MR) is 69.3 cm³/mol. The molecule has 1 aromatic carbocycles. The van der Waals surface area contributed by atoms with Crippen molar-refractivity contribution in [2.24, 2.45) is 0 Å². The van der Waals surface area contributed by atoms with Crippen molar-refractivity contribution in [2.45, 2.75) is 24.7 Å². The van der Waals surface area contributed by atoms with Crippen LogP contribution in [0.25, 0.3) is 0 Å². The molecule has 0 aliphatic carbocycles. The third-order valence-electron chi connectivity index (χ3n) is 2.92. The Kier molecular flexibility index (Phi) is 6.19. The van der Waals surface area contributed by atoms with Crippen LogP contribution in [0.15, 0.2) is 43.0 Å². The van der Waals surface area contributed by atoms with Crippen LogP contribution in [-0.4, -0.2) is 36.2 Å². The molecule has 0 aliphatic heterocycles. The molecule has 0 saturated carbocycles. The molecule has 0 amide bonds. The minimum atomic E-state index is -4.55. The average molecular weight is 289 g/mol. The van der Waals surface area contributed by atoms with Crippen molar-refractivity contribution in [3.63, 3.8) is 0 Å². The van der Waals surface area contributed by atoms with Crippen LogP contribution in [0.5, 0.6) is 0 Å². The van der Waals surface area contributed by atoms with E-state index in [2.05, 4.69) is 6.58 Å². The summed E-state index contributed by atoms with van der Waals surface area (Å²) < 4.78 is 43.9. The third kappa shape index (κ3) is 4.33. The molecule has 0 heterocycles. The van der Waals surface area contributed by atoms with E-state index in [1.807, 2.05) is 0 Å². The molecule has 0 spiro atoms. The fourth-order valence-electron chi connectivity index (χ4n) is 1.93. The lowest BCUT2D eigenvalue weighted by atomic mass is 10.0. The first kappa shape index (κ1) is 16.7. The standard InChI is InChI=1S/C14H18F3NO2/c1-3-7-13(14(15,16)17)18(19)12(10-20-2)11-8-5-4-6-9-11/h3-6,8-9,12-13,19H,1,7,10H2,2H3/t12-,13?/m0/s1. The molecule has 2 atom stereocenters. The first-order chi connectivity index (χ1) is 9.41. The molecular formula is C14H18F3NO2. The second kappa shape index (κ2) is 7.42. The highest BCUT2D eigenvalue weighted by Crippen LogP contribution is 2.32. The molecule has 0 aliphatic rings. The Balaban J connectivity index is 3.03. The third-order valence-corrected chi connectivity index (χ3v) is 2.92. The second-order valence-corrected chi connectivity index (χ2v) is 4.34. The molecule has 3 nitrogen and oxygen atoms in total. The molecule has 1 unspecified atom stereocenters. The molecule has 1 aromatic rings. The summed E-state index contributed by atoms with van der Waals surface area (Å²) in [7, 11) is 1.37. The quantitative estimate of drug-likeness (QED) is 0.615. The van der Waals surface area contributed by atoms with Crippen molar-refractivity contribution < 1.29 is 23.1 Å². The zero-order valence-corrected chi connectivity index (χ0v) is 11.2. The monoisotopic (exact) mass is 289 g/mol. The molecule has 20 heavy (non-hydrogen) atoms. The van der Waals surface area contributed by atoms with Crippen LogP contribution >= 0.6 is 0 Å². The largest absolute Gasteiger partial charge is 0.406 e. The molecule has 112 valence electrons. The van der Waals surface area contributed by atoms with Gasteiger partial charge in [-0.15, -0.1) is 6.58 Å². The van der Waals surface area contributed by atoms with Gasteiger partial charge >= 0.3 is 6.18 Å². The minimum Gasteiger partial charge on any atom is -0.383 e. The highest BCUT2D eigenvalue weighted by molar-refractivity contribution is 5.19. The highest BCUT2D eigenvalue weighted by Gasteiger charge is 2.45. The van der Waals surface area contributed by atoms with Crippen molar-refractivity contribution in [1.29, 1.82) is 0 Å². The van der Waals surface area contributed by atoms with Gasteiger partial charge in [-0.3, -0.25) is 0 Å². The maximum Gasteiger partial charge on any atom is 0.406 e. The Hall–Kier alpha value is -1.37. The summed E-state index contributed by atoms with van der Waals surface area (Å²) in [5.74, 6) is 0. The van der Waals surface area contributed by atoms with Crippen LogP contribution in [0.4, 0.5) is 13.2 Å². The van der Waals surface area contributed by atoms with Gasteiger partial charge in [0.2, 0.25) is 0 Å². The summed E-state index contributed by atoms with van der Waals surface area (Å²) in [5.41, 5.74) is 0.551. The van der Waals surface area contributed by atoms with Crippen LogP contribution in [-0.2, 0) is 4.74 Å². The summed E-state index contributed by atoms with van der Waals surface area (Å²) in [6.45, 7) is 3.25. The van der Waals surface area contributed by atoms with E-state index in [4.69, 9.17) is 4.74 Å². The first-order valence-corrected chi connectivity index (χ1v) is 6.10. The number of alkyl halides is 3. The normalized spacial score (nSPS) is 15.1. The number of hydrogen-bond donors (Lipinski definition) is 1. The van der Waals surface area contributed by atoms with Gasteiger partial charge < -0.3 is 9.94 Å². The molecule has 0 bridgehead atoms. The van der Waals surface area contributed by atoms with Crippen LogP contribution in [0, 0.1) is 0 Å². The minimum absolute atomic E-state index is 0.0514. The van der Waals surface area contributed by atoms with Gasteiger partial charge in [0.25, 0.3) is 0 Å². The van der Waals surface area contributed by atoms with Gasteiger partial charge in [0, 0.05) is 7.11 Å². The van der Waals surface area contributed by atoms with Crippen molar-refractivity contribution in [3.8, 4) is 0 Å². The summed E-state index contributed by atoms with van der Waals surface area (Å²) in [4.78, 5) is 0. The lowest BCUT2D eigenvalue weighted by Crippen LogP contribution is -2.46. The maximum absolute atomic E-state index is 13.0. The van der Waals surface area contributed by atoms with Crippen molar-refractivity contribution >= 4 is 0 Å². The number of halogens is 3. The molecule has 0 fully saturated rings. The van der Waals surface area contributed by atoms with Crippen molar-refractivity contribution in [1.82, 2.24) is 5.06 Å². The Morgan fingerprint density at radius 3 is 2.40 bits per heavy atom. The number of hydroxylamine groups is 2. The van der Waals surface area contributed by atoms with Gasteiger partial charge in [-0.1, -0.05) is 36.4 Å². The van der Waals surface area contributed by atoms with E-state index >= 15 is 0 Å². The lowest BCUT2D eigenvalue weighted by molar-refractivity contribution is -0.270. The Morgan fingerprint density at radius 1 is 1.35 bits per heavy atom. The van der Waals surface area contributed by atoms with E-state index in [0.29, 0.717) is 10.6 Å². The lowest BCUT2D eigenvalue weighted by Gasteiger charge is -2.33. The second-order valence-electron chi connectivity index (χ2n) is 4.34. The Labute approximate surface area is 116 Å². The van der Waals surface area contributed by atoms with Gasteiger partial charge in [-0.2, -0.15) is 18.2 Å². The molecule has 1 N–H and O–H groups in total. The van der Waals surface area contributed by atoms with Gasteiger partial charge in [0.15, 0.2) is 0 Å². The van der Waals surface area contributed by atoms with Gasteiger partial charge in [0.05, 0.1) is 12.6 Å². The van der Waals surface area contributed by atoms with Gasteiger partial charge in [0.1, 0.15) is 6.04 Å². The van der Waals surface area contributed by atoms with Crippen LogP contribution in [0.2, 0.25) is 0 Å². The van der Waals surface area contributed by atoms with Crippen LogP contribution < -0.4 is 0 Å². The number of methoxy groups -OCH3 is 1. The maximum atomic E-state index is 13.0. The first-order valence-electron chi connectivity index (χ1n) is 6.10. The summed E-state index contributed by atoms with van der Waals surface area (Å²) in [6, 6.07) is 5.53. The van der Waals surface area contributed by atoms with Gasteiger partial charge in [-0.05, 0) is 12.0 Å². The SMILES string of the molecule is C=CCC(N(O)[C@@H](COC)c1ccccc1)C(F)(F)F. The number of rotatable bonds is 7. The summed E-state index contributed by atoms with van der Waals surface area (Å²) >= 11 is 0. The number of nitrogens with zero attached hydrogens (tertiary/aromatic N) is 1. The zero-order valence-electron chi connectivity index (χ0n) is 11.2. The molecule has 1 rings (SSSR count). The smallest absolute Gasteiger partial charge is 0.383 e. The predicted octanol–water partition coefficient (Wildman–Crippen LogP) is 3.57. The van der Waals surface area contributed by atoms with E-state index < -0.39 is 24.7 Å². The number of hydrogen-bond acceptors (Lipinski definition) is 3. The van der Waals surface area contributed by atoms with Crippen molar-refractivity contribution in [3.05, 3.63) is 48.6 Å². The Morgan fingerprint density at radius 2 is 1.95 bits per heavy atom. The van der Waals surface area contributed by atoms with Crippen LogP contribution in [0.1, 0.15) is 18.0 Å². The van der Waals surface area contributed by atoms with Crippen molar-refractivity contribution in [2.75, 3.05) is 13.7 Å². The van der Waals surface area contributed by atoms with E-state index in [-0.39, 0.29) is 6.61 Å². The highest BCUT2D eigenvalue weighted by atomic mass is 19.4. The molecule has 0 radical (unpaired) electrons. The zero-order chi connectivity index (χ0) is 15.2. The van der Waals surface area contributed by atoms with E-state index in [9.17, 15) is 18.4 Å². The Bertz CT molecular complexity index is 409. The summed E-state index contributed by atoms with van der Waals surface area (Å²) in [5, 5.41) is 10.3. The van der Waals surface area contributed by atoms with E-state index in [1.165, 1.54) is 7.11 Å². The molecule has 0 saturated heterocycles. The average Bonchev–Trinajstić information content (AvgIpc) is 2.41. The number of benzene rings is 1. The van der Waals surface area contributed by atoms with Gasteiger partial charge in [-0.25, -0.2) is 0 Å². The number of ether oxygens (including phenoxy) is 1. The molecular weight excluding hydrogens is 271 g/mol. The topological polar surface area (TPSA) is 32.7 Å². The van der Waals surface area contributed by atoms with Crippen LogP contribution in [0.3, 0.4) is 0 Å². The fourth-order valence-corrected chi connectivity index (χ4v) is 1.93. The molecule has 6 heteroatoms.